The fourth-order valence-corrected chi connectivity index (χ4v) is 3.86. The zero-order valence-corrected chi connectivity index (χ0v) is 20.5. The molecule has 0 spiro atoms. The Hall–Kier alpha value is -3.81. The molecular formula is C26H20Cl2N2O5. The number of nitrogens with zero attached hydrogens (tertiary/aromatic N) is 1. The molecule has 4 rings (SSSR count). The van der Waals surface area contributed by atoms with E-state index in [0.29, 0.717) is 22.0 Å². The van der Waals surface area contributed by atoms with E-state index < -0.39 is 17.8 Å². The Morgan fingerprint density at radius 1 is 0.886 bits per heavy atom. The molecule has 3 aromatic carbocycles. The number of nitrogens with one attached hydrogen (secondary N) is 1. The van der Waals surface area contributed by atoms with Crippen LogP contribution in [0.5, 0.6) is 11.5 Å². The second-order valence-electron chi connectivity index (χ2n) is 7.81. The molecule has 178 valence electrons. The van der Waals surface area contributed by atoms with E-state index >= 15 is 0 Å². The summed E-state index contributed by atoms with van der Waals surface area (Å²) in [6.45, 7) is 3.77. The first-order valence-electron chi connectivity index (χ1n) is 10.5. The highest BCUT2D eigenvalue weighted by Gasteiger charge is 2.40. The van der Waals surface area contributed by atoms with Gasteiger partial charge < -0.3 is 14.8 Å². The van der Waals surface area contributed by atoms with Crippen molar-refractivity contribution < 1.29 is 23.9 Å². The third-order valence-electron chi connectivity index (χ3n) is 5.35. The summed E-state index contributed by atoms with van der Waals surface area (Å²) in [7, 11) is 1.42. The van der Waals surface area contributed by atoms with Crippen molar-refractivity contribution in [2.45, 2.75) is 13.8 Å². The first kappa shape index (κ1) is 24.3. The zero-order chi connectivity index (χ0) is 25.3. The van der Waals surface area contributed by atoms with E-state index in [0.717, 1.165) is 16.0 Å². The number of carbonyl (C=O) groups excluding carboxylic acids is 3. The van der Waals surface area contributed by atoms with Gasteiger partial charge in [0.1, 0.15) is 22.2 Å². The first-order valence-corrected chi connectivity index (χ1v) is 11.2. The number of esters is 1. The highest BCUT2D eigenvalue weighted by atomic mass is 35.5. The average Bonchev–Trinajstić information content (AvgIpc) is 3.04. The van der Waals surface area contributed by atoms with E-state index in [9.17, 15) is 14.4 Å². The number of aryl methyl sites for hydroxylation is 2. The Morgan fingerprint density at radius 3 is 2.29 bits per heavy atom. The SMILES string of the molecule is COc1ccc(Cl)cc1N1C(=O)C(Cl)=C(Nc2ccc(C(=O)Oc3cc(C)ccc3C)cc2)C1=O. The summed E-state index contributed by atoms with van der Waals surface area (Å²) in [5.41, 5.74) is 2.65. The predicted octanol–water partition coefficient (Wildman–Crippen LogP) is 5.62. The molecule has 0 aliphatic carbocycles. The lowest BCUT2D eigenvalue weighted by molar-refractivity contribution is -0.120. The van der Waals surface area contributed by atoms with Crippen LogP contribution in [0.4, 0.5) is 11.4 Å². The van der Waals surface area contributed by atoms with Crippen LogP contribution in [-0.2, 0) is 9.59 Å². The zero-order valence-electron chi connectivity index (χ0n) is 19.0. The molecule has 35 heavy (non-hydrogen) atoms. The number of imide groups is 1. The molecule has 0 radical (unpaired) electrons. The number of amides is 2. The summed E-state index contributed by atoms with van der Waals surface area (Å²) >= 11 is 12.3. The molecule has 1 aliphatic heterocycles. The van der Waals surface area contributed by atoms with Crippen LogP contribution in [0.2, 0.25) is 5.02 Å². The molecule has 0 fully saturated rings. The van der Waals surface area contributed by atoms with Gasteiger partial charge in [0.15, 0.2) is 0 Å². The molecule has 0 saturated heterocycles. The smallest absolute Gasteiger partial charge is 0.343 e. The Labute approximate surface area is 211 Å². The van der Waals surface area contributed by atoms with Gasteiger partial charge in [-0.3, -0.25) is 9.59 Å². The van der Waals surface area contributed by atoms with Crippen LogP contribution < -0.4 is 19.7 Å². The Morgan fingerprint density at radius 2 is 1.60 bits per heavy atom. The van der Waals surface area contributed by atoms with Gasteiger partial charge in [0.25, 0.3) is 11.8 Å². The fourth-order valence-electron chi connectivity index (χ4n) is 3.48. The van der Waals surface area contributed by atoms with Gasteiger partial charge in [-0.2, -0.15) is 0 Å². The minimum Gasteiger partial charge on any atom is -0.495 e. The number of hydrogen-bond donors (Lipinski definition) is 1. The van der Waals surface area contributed by atoms with Crippen LogP contribution in [0.1, 0.15) is 21.5 Å². The maximum absolute atomic E-state index is 13.1. The van der Waals surface area contributed by atoms with Gasteiger partial charge in [-0.05, 0) is 73.5 Å². The van der Waals surface area contributed by atoms with Gasteiger partial charge in [0, 0.05) is 10.7 Å². The van der Waals surface area contributed by atoms with Gasteiger partial charge in [0.05, 0.1) is 18.4 Å². The minimum absolute atomic E-state index is 0.107. The lowest BCUT2D eigenvalue weighted by Crippen LogP contribution is -2.32. The van der Waals surface area contributed by atoms with E-state index in [1.807, 2.05) is 26.0 Å². The van der Waals surface area contributed by atoms with Gasteiger partial charge in [-0.1, -0.05) is 35.3 Å². The monoisotopic (exact) mass is 510 g/mol. The highest BCUT2D eigenvalue weighted by Crippen LogP contribution is 2.37. The minimum atomic E-state index is -0.714. The van der Waals surface area contributed by atoms with Crippen LogP contribution in [-0.4, -0.2) is 24.9 Å². The van der Waals surface area contributed by atoms with E-state index in [2.05, 4.69) is 5.32 Å². The predicted molar refractivity (Wildman–Crippen MR) is 134 cm³/mol. The molecule has 0 aromatic heterocycles. The van der Waals surface area contributed by atoms with Crippen molar-refractivity contribution in [2.75, 3.05) is 17.3 Å². The largest absolute Gasteiger partial charge is 0.495 e. The number of carbonyl (C=O) groups is 3. The van der Waals surface area contributed by atoms with Crippen LogP contribution in [0, 0.1) is 13.8 Å². The lowest BCUT2D eigenvalue weighted by Gasteiger charge is -2.18. The van der Waals surface area contributed by atoms with Crippen LogP contribution in [0.15, 0.2) is 71.4 Å². The third kappa shape index (κ3) is 4.87. The fraction of sp³-hybridized carbons (Fsp3) is 0.115. The number of rotatable bonds is 6. The quantitative estimate of drug-likeness (QED) is 0.263. The molecule has 0 unspecified atom stereocenters. The summed E-state index contributed by atoms with van der Waals surface area (Å²) in [5.74, 6) is -1.13. The van der Waals surface area contributed by atoms with Crippen molar-refractivity contribution in [1.82, 2.24) is 0 Å². The van der Waals surface area contributed by atoms with Crippen molar-refractivity contribution >= 4 is 52.4 Å². The van der Waals surface area contributed by atoms with E-state index in [1.54, 1.807) is 42.5 Å². The maximum Gasteiger partial charge on any atom is 0.343 e. The van der Waals surface area contributed by atoms with Gasteiger partial charge in [0.2, 0.25) is 0 Å². The molecule has 1 heterocycles. The summed E-state index contributed by atoms with van der Waals surface area (Å²) < 4.78 is 10.8. The molecule has 2 amide bonds. The van der Waals surface area contributed by atoms with Gasteiger partial charge in [-0.15, -0.1) is 0 Å². The van der Waals surface area contributed by atoms with Crippen molar-refractivity contribution in [2.24, 2.45) is 0 Å². The standard InChI is InChI=1S/C26H20Cl2N2O5/c1-14-4-5-15(2)21(12-14)35-26(33)16-6-9-18(10-7-16)29-23-22(28)24(31)30(25(23)32)19-13-17(27)8-11-20(19)34-3/h4-13,29H,1-3H3. The molecule has 3 aromatic rings. The molecule has 9 heteroatoms. The topological polar surface area (TPSA) is 84.9 Å². The average molecular weight is 511 g/mol. The maximum atomic E-state index is 13.1. The summed E-state index contributed by atoms with van der Waals surface area (Å²) in [5, 5.41) is 2.90. The number of methoxy groups -OCH3 is 1. The Balaban J connectivity index is 1.52. The lowest BCUT2D eigenvalue weighted by atomic mass is 10.1. The van der Waals surface area contributed by atoms with Crippen molar-refractivity contribution in [3.8, 4) is 11.5 Å². The van der Waals surface area contributed by atoms with E-state index in [4.69, 9.17) is 32.7 Å². The second kappa shape index (κ2) is 9.82. The third-order valence-corrected chi connectivity index (χ3v) is 5.93. The van der Waals surface area contributed by atoms with Gasteiger partial charge >= 0.3 is 5.97 Å². The van der Waals surface area contributed by atoms with E-state index in [1.165, 1.54) is 13.2 Å². The number of halogens is 2. The van der Waals surface area contributed by atoms with Crippen LogP contribution in [0.3, 0.4) is 0 Å². The number of benzene rings is 3. The molecule has 7 nitrogen and oxygen atoms in total. The second-order valence-corrected chi connectivity index (χ2v) is 8.63. The molecule has 0 atom stereocenters. The molecule has 0 saturated carbocycles. The van der Waals surface area contributed by atoms with Gasteiger partial charge in [-0.25, -0.2) is 9.69 Å². The Bertz CT molecular complexity index is 1380. The summed E-state index contributed by atoms with van der Waals surface area (Å²) in [6.07, 6.45) is 0. The summed E-state index contributed by atoms with van der Waals surface area (Å²) in [6, 6.07) is 16.4. The molecule has 1 aliphatic rings. The summed E-state index contributed by atoms with van der Waals surface area (Å²) in [4.78, 5) is 39.3. The molecule has 0 bridgehead atoms. The van der Waals surface area contributed by atoms with Crippen LogP contribution in [0.25, 0.3) is 0 Å². The normalized spacial score (nSPS) is 13.3. The molecular weight excluding hydrogens is 491 g/mol. The first-order chi connectivity index (χ1) is 16.7. The Kier molecular flexibility index (Phi) is 6.82. The van der Waals surface area contributed by atoms with E-state index in [-0.39, 0.29) is 22.2 Å². The van der Waals surface area contributed by atoms with Crippen molar-refractivity contribution in [3.05, 3.63) is 93.1 Å². The van der Waals surface area contributed by atoms with Crippen molar-refractivity contribution in [1.29, 1.82) is 0 Å². The van der Waals surface area contributed by atoms with Crippen molar-refractivity contribution in [3.63, 3.8) is 0 Å². The number of hydrogen-bond acceptors (Lipinski definition) is 6. The van der Waals surface area contributed by atoms with Crippen LogP contribution >= 0.6 is 23.2 Å². The number of anilines is 2. The highest BCUT2D eigenvalue weighted by molar-refractivity contribution is 6.53. The number of ether oxygens (including phenoxy) is 2. The molecule has 1 N–H and O–H groups in total.